The van der Waals surface area contributed by atoms with Gasteiger partial charge in [-0.1, -0.05) is 6.58 Å². The van der Waals surface area contributed by atoms with Crippen molar-refractivity contribution in [2.75, 3.05) is 0 Å². The SMILES string of the molecule is C=CC(C)=Nc1nc(C)ncc1C. The second-order valence-electron chi connectivity index (χ2n) is 2.88. The van der Waals surface area contributed by atoms with Crippen LogP contribution in [-0.4, -0.2) is 15.7 Å². The third kappa shape index (κ3) is 2.47. The van der Waals surface area contributed by atoms with Crippen LogP contribution in [0.3, 0.4) is 0 Å². The summed E-state index contributed by atoms with van der Waals surface area (Å²) in [5.41, 5.74) is 1.84. The maximum absolute atomic E-state index is 4.29. The number of hydrogen-bond donors (Lipinski definition) is 0. The summed E-state index contributed by atoms with van der Waals surface area (Å²) in [6, 6.07) is 0. The summed E-state index contributed by atoms with van der Waals surface area (Å²) in [6.07, 6.45) is 3.48. The predicted octanol–water partition coefficient (Wildman–Crippen LogP) is 2.37. The molecule has 0 saturated heterocycles. The van der Waals surface area contributed by atoms with Gasteiger partial charge in [0.2, 0.25) is 0 Å². The van der Waals surface area contributed by atoms with E-state index in [0.29, 0.717) is 0 Å². The highest BCUT2D eigenvalue weighted by Crippen LogP contribution is 2.13. The molecule has 0 amide bonds. The van der Waals surface area contributed by atoms with Crippen LogP contribution in [0.2, 0.25) is 0 Å². The first-order chi connectivity index (χ1) is 6.13. The minimum atomic E-state index is 0.727. The van der Waals surface area contributed by atoms with Crippen LogP contribution in [-0.2, 0) is 0 Å². The van der Waals surface area contributed by atoms with Gasteiger partial charge in [-0.3, -0.25) is 0 Å². The molecule has 0 saturated carbocycles. The van der Waals surface area contributed by atoms with Crippen molar-refractivity contribution in [1.29, 1.82) is 0 Å². The van der Waals surface area contributed by atoms with E-state index < -0.39 is 0 Å². The second kappa shape index (κ2) is 3.94. The molecule has 3 nitrogen and oxygen atoms in total. The van der Waals surface area contributed by atoms with Gasteiger partial charge in [-0.15, -0.1) is 0 Å². The lowest BCUT2D eigenvalue weighted by Crippen LogP contribution is -1.91. The van der Waals surface area contributed by atoms with Gasteiger partial charge in [-0.25, -0.2) is 15.0 Å². The van der Waals surface area contributed by atoms with Gasteiger partial charge >= 0.3 is 0 Å². The minimum absolute atomic E-state index is 0.727. The molecule has 0 atom stereocenters. The summed E-state index contributed by atoms with van der Waals surface area (Å²) in [5, 5.41) is 0. The van der Waals surface area contributed by atoms with Crippen molar-refractivity contribution >= 4 is 11.5 Å². The molecule has 0 N–H and O–H groups in total. The van der Waals surface area contributed by atoms with Crippen molar-refractivity contribution in [3.05, 3.63) is 30.2 Å². The van der Waals surface area contributed by atoms with Crippen LogP contribution in [0.15, 0.2) is 23.8 Å². The number of hydrogen-bond acceptors (Lipinski definition) is 3. The number of rotatable bonds is 2. The molecular weight excluding hydrogens is 162 g/mol. The first-order valence-corrected chi connectivity index (χ1v) is 4.11. The van der Waals surface area contributed by atoms with Crippen molar-refractivity contribution in [1.82, 2.24) is 9.97 Å². The summed E-state index contributed by atoms with van der Waals surface area (Å²) >= 11 is 0. The van der Waals surface area contributed by atoms with E-state index in [1.54, 1.807) is 12.3 Å². The van der Waals surface area contributed by atoms with Gasteiger partial charge in [-0.05, 0) is 26.8 Å². The Kier molecular flexibility index (Phi) is 2.90. The van der Waals surface area contributed by atoms with Gasteiger partial charge < -0.3 is 0 Å². The van der Waals surface area contributed by atoms with Crippen LogP contribution in [0, 0.1) is 13.8 Å². The third-order valence-corrected chi connectivity index (χ3v) is 1.64. The van der Waals surface area contributed by atoms with E-state index in [-0.39, 0.29) is 0 Å². The van der Waals surface area contributed by atoms with Crippen molar-refractivity contribution in [3.63, 3.8) is 0 Å². The van der Waals surface area contributed by atoms with E-state index >= 15 is 0 Å². The Hall–Kier alpha value is -1.51. The zero-order chi connectivity index (χ0) is 9.84. The van der Waals surface area contributed by atoms with Gasteiger partial charge in [0.25, 0.3) is 0 Å². The molecule has 0 spiro atoms. The Morgan fingerprint density at radius 2 is 2.23 bits per heavy atom. The van der Waals surface area contributed by atoms with Crippen molar-refractivity contribution in [2.45, 2.75) is 20.8 Å². The van der Waals surface area contributed by atoms with Crippen LogP contribution >= 0.6 is 0 Å². The monoisotopic (exact) mass is 175 g/mol. The standard InChI is InChI=1S/C10H13N3/c1-5-8(3)12-10-7(2)6-11-9(4)13-10/h5-6H,1H2,2-4H3. The molecule has 0 fully saturated rings. The van der Waals surface area contributed by atoms with Crippen LogP contribution in [0.1, 0.15) is 18.3 Å². The van der Waals surface area contributed by atoms with Gasteiger partial charge in [0.1, 0.15) is 5.82 Å². The minimum Gasteiger partial charge on any atom is -0.241 e. The lowest BCUT2D eigenvalue weighted by Gasteiger charge is -1.99. The third-order valence-electron chi connectivity index (χ3n) is 1.64. The zero-order valence-electron chi connectivity index (χ0n) is 8.20. The first kappa shape index (κ1) is 9.58. The van der Waals surface area contributed by atoms with Crippen LogP contribution < -0.4 is 0 Å². The Balaban J connectivity index is 3.13. The molecule has 0 aliphatic rings. The van der Waals surface area contributed by atoms with E-state index in [1.807, 2.05) is 20.8 Å². The summed E-state index contributed by atoms with van der Waals surface area (Å²) in [6.45, 7) is 9.32. The fourth-order valence-electron chi connectivity index (χ4n) is 0.844. The predicted molar refractivity (Wildman–Crippen MR) is 54.5 cm³/mol. The Morgan fingerprint density at radius 1 is 1.54 bits per heavy atom. The number of nitrogens with zero attached hydrogens (tertiary/aromatic N) is 3. The molecule has 68 valence electrons. The molecule has 13 heavy (non-hydrogen) atoms. The van der Waals surface area contributed by atoms with Crippen LogP contribution in [0.5, 0.6) is 0 Å². The van der Waals surface area contributed by atoms with Gasteiger partial charge in [-0.2, -0.15) is 0 Å². The molecule has 1 rings (SSSR count). The number of aliphatic imine (C=N–C) groups is 1. The highest BCUT2D eigenvalue weighted by molar-refractivity contribution is 5.93. The summed E-state index contributed by atoms with van der Waals surface area (Å²) < 4.78 is 0. The van der Waals surface area contributed by atoms with E-state index in [1.165, 1.54) is 0 Å². The Morgan fingerprint density at radius 3 is 2.85 bits per heavy atom. The lowest BCUT2D eigenvalue weighted by molar-refractivity contribution is 1.02. The van der Waals surface area contributed by atoms with Gasteiger partial charge in [0.05, 0.1) is 0 Å². The van der Waals surface area contributed by atoms with Crippen molar-refractivity contribution in [3.8, 4) is 0 Å². The first-order valence-electron chi connectivity index (χ1n) is 4.11. The maximum atomic E-state index is 4.29. The van der Waals surface area contributed by atoms with Crippen LogP contribution in [0.4, 0.5) is 5.82 Å². The number of allylic oxidation sites excluding steroid dienone is 1. The van der Waals surface area contributed by atoms with Crippen molar-refractivity contribution in [2.24, 2.45) is 4.99 Å². The molecule has 0 unspecified atom stereocenters. The fourth-order valence-corrected chi connectivity index (χ4v) is 0.844. The van der Waals surface area contributed by atoms with Crippen molar-refractivity contribution < 1.29 is 0 Å². The number of aryl methyl sites for hydroxylation is 2. The maximum Gasteiger partial charge on any atom is 0.158 e. The summed E-state index contributed by atoms with van der Waals surface area (Å²) in [5.74, 6) is 1.46. The quantitative estimate of drug-likeness (QED) is 0.647. The lowest BCUT2D eigenvalue weighted by atomic mass is 10.3. The van der Waals surface area contributed by atoms with E-state index in [2.05, 4.69) is 21.5 Å². The van der Waals surface area contributed by atoms with E-state index in [4.69, 9.17) is 0 Å². The topological polar surface area (TPSA) is 38.1 Å². The molecule has 3 heteroatoms. The second-order valence-corrected chi connectivity index (χ2v) is 2.88. The highest BCUT2D eigenvalue weighted by atomic mass is 15.0. The Bertz CT molecular complexity index is 353. The molecule has 0 aliphatic heterocycles. The smallest absolute Gasteiger partial charge is 0.158 e. The Labute approximate surface area is 78.3 Å². The molecule has 0 aliphatic carbocycles. The summed E-state index contributed by atoms with van der Waals surface area (Å²) in [7, 11) is 0. The molecule has 1 aromatic heterocycles. The normalized spacial score (nSPS) is 11.5. The van der Waals surface area contributed by atoms with Gasteiger partial charge in [0, 0.05) is 17.5 Å². The molecule has 0 radical (unpaired) electrons. The van der Waals surface area contributed by atoms with E-state index in [0.717, 1.165) is 22.9 Å². The average Bonchev–Trinajstić information content (AvgIpc) is 2.11. The molecule has 0 bridgehead atoms. The largest absolute Gasteiger partial charge is 0.241 e. The molecule has 0 aromatic carbocycles. The molecule has 1 aromatic rings. The fraction of sp³-hybridized carbons (Fsp3) is 0.300. The molecular formula is C10H13N3. The number of aromatic nitrogens is 2. The van der Waals surface area contributed by atoms with Gasteiger partial charge in [0.15, 0.2) is 5.82 Å². The zero-order valence-corrected chi connectivity index (χ0v) is 8.20. The highest BCUT2D eigenvalue weighted by Gasteiger charge is 1.98. The summed E-state index contributed by atoms with van der Waals surface area (Å²) in [4.78, 5) is 12.6. The van der Waals surface area contributed by atoms with Crippen LogP contribution in [0.25, 0.3) is 0 Å². The van der Waals surface area contributed by atoms with E-state index in [9.17, 15) is 0 Å². The average molecular weight is 175 g/mol. The molecule has 1 heterocycles.